The van der Waals surface area contributed by atoms with Crippen molar-refractivity contribution in [2.75, 3.05) is 31.1 Å². The van der Waals surface area contributed by atoms with E-state index in [9.17, 15) is 10.1 Å². The SMILES string of the molecule is O=[N+]([O-])c1ccc(N2CCCNCCC2)cn1. The highest BCUT2D eigenvalue weighted by atomic mass is 16.6. The third-order valence-electron chi connectivity index (χ3n) is 2.85. The molecule has 1 N–H and O–H groups in total. The lowest BCUT2D eigenvalue weighted by Crippen LogP contribution is -2.33. The van der Waals surface area contributed by atoms with Crippen molar-refractivity contribution in [3.05, 3.63) is 28.4 Å². The molecule has 17 heavy (non-hydrogen) atoms. The molecular formula is C11H16N4O2. The van der Waals surface area contributed by atoms with Crippen molar-refractivity contribution in [3.63, 3.8) is 0 Å². The maximum Gasteiger partial charge on any atom is 0.363 e. The van der Waals surface area contributed by atoms with Gasteiger partial charge in [0.15, 0.2) is 6.20 Å². The van der Waals surface area contributed by atoms with Crippen LogP contribution in [0.15, 0.2) is 18.3 Å². The minimum atomic E-state index is -0.471. The molecule has 0 atom stereocenters. The lowest BCUT2D eigenvalue weighted by atomic mass is 10.2. The Balaban J connectivity index is 2.06. The number of pyridine rings is 1. The Labute approximate surface area is 99.8 Å². The van der Waals surface area contributed by atoms with Crippen molar-refractivity contribution in [1.29, 1.82) is 0 Å². The zero-order valence-corrected chi connectivity index (χ0v) is 9.63. The smallest absolute Gasteiger partial charge is 0.363 e. The van der Waals surface area contributed by atoms with Gasteiger partial charge in [0.05, 0.1) is 5.69 Å². The fourth-order valence-electron chi connectivity index (χ4n) is 1.96. The number of hydrogen-bond donors (Lipinski definition) is 1. The molecule has 1 aromatic rings. The van der Waals surface area contributed by atoms with Crippen LogP contribution in [0.4, 0.5) is 11.5 Å². The molecule has 1 fully saturated rings. The summed E-state index contributed by atoms with van der Waals surface area (Å²) < 4.78 is 0. The zero-order valence-electron chi connectivity index (χ0n) is 9.63. The Morgan fingerprint density at radius 3 is 2.53 bits per heavy atom. The molecule has 0 saturated carbocycles. The van der Waals surface area contributed by atoms with Crippen LogP contribution in [0.25, 0.3) is 0 Å². The van der Waals surface area contributed by atoms with Crippen LogP contribution in [0.1, 0.15) is 12.8 Å². The number of rotatable bonds is 2. The Kier molecular flexibility index (Phi) is 3.87. The zero-order chi connectivity index (χ0) is 12.1. The molecule has 2 heterocycles. The lowest BCUT2D eigenvalue weighted by molar-refractivity contribution is -0.389. The van der Waals surface area contributed by atoms with Crippen molar-refractivity contribution >= 4 is 11.5 Å². The summed E-state index contributed by atoms with van der Waals surface area (Å²) in [6, 6.07) is 3.24. The van der Waals surface area contributed by atoms with Crippen LogP contribution >= 0.6 is 0 Å². The van der Waals surface area contributed by atoms with E-state index in [2.05, 4.69) is 15.2 Å². The molecule has 1 aliphatic rings. The first kappa shape index (κ1) is 11.8. The minimum Gasteiger partial charge on any atom is -0.368 e. The van der Waals surface area contributed by atoms with Gasteiger partial charge in [-0.1, -0.05) is 0 Å². The standard InChI is InChI=1S/C11H16N4O2/c16-15(17)11-4-3-10(9-13-11)14-7-1-5-12-6-2-8-14/h3-4,9,12H,1-2,5-8H2. The molecule has 1 aromatic heterocycles. The van der Waals surface area contributed by atoms with Gasteiger partial charge >= 0.3 is 5.82 Å². The Hall–Kier alpha value is -1.69. The summed E-state index contributed by atoms with van der Waals surface area (Å²) >= 11 is 0. The highest BCUT2D eigenvalue weighted by molar-refractivity contribution is 5.46. The largest absolute Gasteiger partial charge is 0.368 e. The van der Waals surface area contributed by atoms with Crippen LogP contribution in [-0.2, 0) is 0 Å². The molecule has 6 heteroatoms. The van der Waals surface area contributed by atoms with Crippen molar-refractivity contribution in [3.8, 4) is 0 Å². The summed E-state index contributed by atoms with van der Waals surface area (Å²) in [5.74, 6) is -0.0949. The molecule has 0 spiro atoms. The topological polar surface area (TPSA) is 71.3 Å². The Morgan fingerprint density at radius 1 is 1.29 bits per heavy atom. The van der Waals surface area contributed by atoms with Crippen LogP contribution in [0, 0.1) is 10.1 Å². The minimum absolute atomic E-state index is 0.0949. The van der Waals surface area contributed by atoms with Gasteiger partial charge in [0.25, 0.3) is 0 Å². The maximum absolute atomic E-state index is 10.5. The third-order valence-corrected chi connectivity index (χ3v) is 2.85. The van der Waals surface area contributed by atoms with Gasteiger partial charge in [-0.15, -0.1) is 0 Å². The average Bonchev–Trinajstić information content (AvgIpc) is 2.29. The summed E-state index contributed by atoms with van der Waals surface area (Å²) in [5.41, 5.74) is 0.970. The van der Waals surface area contributed by atoms with Crippen molar-refractivity contribution in [2.24, 2.45) is 0 Å². The van der Waals surface area contributed by atoms with Crippen LogP contribution in [-0.4, -0.2) is 36.1 Å². The van der Waals surface area contributed by atoms with E-state index >= 15 is 0 Å². The quantitative estimate of drug-likeness (QED) is 0.616. The fraction of sp³-hybridized carbons (Fsp3) is 0.545. The Morgan fingerprint density at radius 2 is 2.00 bits per heavy atom. The number of hydrogen-bond acceptors (Lipinski definition) is 5. The normalized spacial score (nSPS) is 17.3. The summed E-state index contributed by atoms with van der Waals surface area (Å²) in [6.45, 7) is 3.98. The highest BCUT2D eigenvalue weighted by Gasteiger charge is 2.12. The number of nitrogens with zero attached hydrogens (tertiary/aromatic N) is 3. The van der Waals surface area contributed by atoms with Gasteiger partial charge in [0, 0.05) is 19.2 Å². The Bertz CT molecular complexity index is 372. The van der Waals surface area contributed by atoms with E-state index in [1.807, 2.05) is 0 Å². The first-order valence-corrected chi connectivity index (χ1v) is 5.83. The van der Waals surface area contributed by atoms with Gasteiger partial charge in [-0.25, -0.2) is 0 Å². The predicted octanol–water partition coefficient (Wildman–Crippen LogP) is 1.18. The van der Waals surface area contributed by atoms with Gasteiger partial charge in [-0.3, -0.25) is 0 Å². The van der Waals surface area contributed by atoms with E-state index < -0.39 is 4.92 Å². The predicted molar refractivity (Wildman–Crippen MR) is 65.2 cm³/mol. The van der Waals surface area contributed by atoms with E-state index in [1.54, 1.807) is 12.3 Å². The highest BCUT2D eigenvalue weighted by Crippen LogP contribution is 2.17. The molecule has 1 saturated heterocycles. The van der Waals surface area contributed by atoms with Crippen molar-refractivity contribution in [2.45, 2.75) is 12.8 Å². The van der Waals surface area contributed by atoms with Crippen LogP contribution in [0.3, 0.4) is 0 Å². The summed E-state index contributed by atoms with van der Waals surface area (Å²) in [7, 11) is 0. The van der Waals surface area contributed by atoms with Crippen LogP contribution in [0.5, 0.6) is 0 Å². The summed E-state index contributed by atoms with van der Waals surface area (Å²) in [5, 5.41) is 13.9. The second-order valence-corrected chi connectivity index (χ2v) is 4.08. The summed E-state index contributed by atoms with van der Waals surface area (Å²) in [4.78, 5) is 16.1. The summed E-state index contributed by atoms with van der Waals surface area (Å²) in [6.07, 6.45) is 3.75. The van der Waals surface area contributed by atoms with Crippen LogP contribution in [0.2, 0.25) is 0 Å². The van der Waals surface area contributed by atoms with E-state index in [4.69, 9.17) is 0 Å². The number of aromatic nitrogens is 1. The van der Waals surface area contributed by atoms with Gasteiger partial charge in [0.2, 0.25) is 0 Å². The molecule has 0 bridgehead atoms. The molecule has 0 unspecified atom stereocenters. The van der Waals surface area contributed by atoms with E-state index in [-0.39, 0.29) is 5.82 Å². The molecule has 0 amide bonds. The number of nitro groups is 1. The van der Waals surface area contributed by atoms with Gasteiger partial charge in [0.1, 0.15) is 0 Å². The number of anilines is 1. The first-order valence-electron chi connectivity index (χ1n) is 5.83. The second-order valence-electron chi connectivity index (χ2n) is 4.08. The monoisotopic (exact) mass is 236 g/mol. The molecule has 0 aliphatic carbocycles. The molecule has 2 rings (SSSR count). The van der Waals surface area contributed by atoms with Crippen molar-refractivity contribution in [1.82, 2.24) is 10.3 Å². The third kappa shape index (κ3) is 3.13. The molecule has 92 valence electrons. The van der Waals surface area contributed by atoms with Gasteiger partial charge in [-0.05, 0) is 41.9 Å². The first-order chi connectivity index (χ1) is 8.27. The van der Waals surface area contributed by atoms with Gasteiger partial charge < -0.3 is 20.3 Å². The number of nitrogens with one attached hydrogen (secondary N) is 1. The average molecular weight is 236 g/mol. The fourth-order valence-corrected chi connectivity index (χ4v) is 1.96. The van der Waals surface area contributed by atoms with Crippen molar-refractivity contribution < 1.29 is 4.92 Å². The maximum atomic E-state index is 10.5. The van der Waals surface area contributed by atoms with Gasteiger partial charge in [-0.2, -0.15) is 0 Å². The van der Waals surface area contributed by atoms with E-state index in [0.717, 1.165) is 44.7 Å². The second kappa shape index (κ2) is 5.58. The molecule has 6 nitrogen and oxygen atoms in total. The van der Waals surface area contributed by atoms with Crippen LogP contribution < -0.4 is 10.2 Å². The molecular weight excluding hydrogens is 220 g/mol. The van der Waals surface area contributed by atoms with E-state index in [0.29, 0.717) is 0 Å². The molecule has 1 aliphatic heterocycles. The van der Waals surface area contributed by atoms with E-state index in [1.165, 1.54) is 6.07 Å². The molecule has 0 radical (unpaired) electrons. The lowest BCUT2D eigenvalue weighted by Gasteiger charge is -2.25. The molecule has 0 aromatic carbocycles.